The zero-order valence-electron chi connectivity index (χ0n) is 10.7. The molecule has 0 radical (unpaired) electrons. The molecule has 0 aliphatic rings. The molecule has 0 aliphatic carbocycles. The van der Waals surface area contributed by atoms with Crippen LogP contribution in [0.3, 0.4) is 0 Å². The fourth-order valence-electron chi connectivity index (χ4n) is 1.42. The Morgan fingerprint density at radius 1 is 1.20 bits per heavy atom. The van der Waals surface area contributed by atoms with Gasteiger partial charge in [0.25, 0.3) is 0 Å². The minimum Gasteiger partial charge on any atom is -0.342 e. The third-order valence-corrected chi connectivity index (χ3v) is 2.55. The van der Waals surface area contributed by atoms with E-state index in [4.69, 9.17) is 0 Å². The molecule has 0 aromatic carbocycles. The van der Waals surface area contributed by atoms with E-state index in [-0.39, 0.29) is 5.91 Å². The Kier molecular flexibility index (Phi) is 8.38. The standard InChI is InChI=1S/C12H26N2O/c1-5-8-14(9-6-2)12(15)10-13-11(4)7-3/h11,13H,5-10H2,1-4H3. The monoisotopic (exact) mass is 214 g/mol. The normalized spacial score (nSPS) is 12.5. The van der Waals surface area contributed by atoms with Crippen molar-refractivity contribution >= 4 is 5.91 Å². The molecular formula is C12H26N2O. The molecule has 1 N–H and O–H groups in total. The van der Waals surface area contributed by atoms with Crippen LogP contribution in [0.1, 0.15) is 47.0 Å². The number of hydrogen-bond donors (Lipinski definition) is 1. The zero-order valence-corrected chi connectivity index (χ0v) is 10.7. The first-order valence-electron chi connectivity index (χ1n) is 6.16. The summed E-state index contributed by atoms with van der Waals surface area (Å²) in [4.78, 5) is 13.8. The summed E-state index contributed by atoms with van der Waals surface area (Å²) in [5, 5.41) is 3.24. The molecule has 90 valence electrons. The van der Waals surface area contributed by atoms with E-state index in [0.717, 1.165) is 32.4 Å². The van der Waals surface area contributed by atoms with Crippen molar-refractivity contribution in [3.63, 3.8) is 0 Å². The third kappa shape index (κ3) is 6.50. The number of hydrogen-bond acceptors (Lipinski definition) is 2. The fraction of sp³-hybridized carbons (Fsp3) is 0.917. The predicted octanol–water partition coefficient (Wildman–Crippen LogP) is 2.02. The van der Waals surface area contributed by atoms with Gasteiger partial charge in [0.1, 0.15) is 0 Å². The summed E-state index contributed by atoms with van der Waals surface area (Å²) >= 11 is 0. The van der Waals surface area contributed by atoms with Crippen molar-refractivity contribution in [1.29, 1.82) is 0 Å². The molecule has 0 aromatic heterocycles. The molecule has 0 fully saturated rings. The summed E-state index contributed by atoms with van der Waals surface area (Å²) < 4.78 is 0. The maximum Gasteiger partial charge on any atom is 0.236 e. The van der Waals surface area contributed by atoms with E-state index in [1.807, 2.05) is 4.90 Å². The molecule has 0 aliphatic heterocycles. The highest BCUT2D eigenvalue weighted by Gasteiger charge is 2.11. The molecule has 0 rings (SSSR count). The van der Waals surface area contributed by atoms with Crippen LogP contribution in [0, 0.1) is 0 Å². The predicted molar refractivity (Wildman–Crippen MR) is 64.9 cm³/mol. The molecule has 1 amide bonds. The van der Waals surface area contributed by atoms with Gasteiger partial charge in [-0.3, -0.25) is 4.79 Å². The van der Waals surface area contributed by atoms with Gasteiger partial charge in [-0.25, -0.2) is 0 Å². The lowest BCUT2D eigenvalue weighted by molar-refractivity contribution is -0.130. The first-order chi connectivity index (χ1) is 7.15. The molecule has 3 nitrogen and oxygen atoms in total. The van der Waals surface area contributed by atoms with Gasteiger partial charge in [0.2, 0.25) is 5.91 Å². The van der Waals surface area contributed by atoms with Gasteiger partial charge >= 0.3 is 0 Å². The van der Waals surface area contributed by atoms with Crippen molar-refractivity contribution in [2.75, 3.05) is 19.6 Å². The first-order valence-corrected chi connectivity index (χ1v) is 6.16. The second-order valence-corrected chi connectivity index (χ2v) is 4.07. The van der Waals surface area contributed by atoms with Crippen LogP contribution in [0.25, 0.3) is 0 Å². The van der Waals surface area contributed by atoms with Crippen molar-refractivity contribution in [2.45, 2.75) is 53.0 Å². The maximum atomic E-state index is 11.8. The van der Waals surface area contributed by atoms with Crippen LogP contribution in [0.4, 0.5) is 0 Å². The molecule has 0 spiro atoms. The molecule has 3 heteroatoms. The Bertz CT molecular complexity index is 165. The molecule has 0 bridgehead atoms. The third-order valence-electron chi connectivity index (χ3n) is 2.55. The minimum absolute atomic E-state index is 0.235. The first kappa shape index (κ1) is 14.4. The lowest BCUT2D eigenvalue weighted by Crippen LogP contribution is -2.41. The highest BCUT2D eigenvalue weighted by atomic mass is 16.2. The van der Waals surface area contributed by atoms with Crippen LogP contribution in [0.5, 0.6) is 0 Å². The van der Waals surface area contributed by atoms with Gasteiger partial charge in [-0.15, -0.1) is 0 Å². The van der Waals surface area contributed by atoms with E-state index >= 15 is 0 Å². The van der Waals surface area contributed by atoms with Crippen LogP contribution in [0.15, 0.2) is 0 Å². The van der Waals surface area contributed by atoms with Crippen LogP contribution in [-0.2, 0) is 4.79 Å². The molecule has 0 saturated heterocycles. The van der Waals surface area contributed by atoms with Gasteiger partial charge in [-0.1, -0.05) is 20.8 Å². The smallest absolute Gasteiger partial charge is 0.236 e. The number of nitrogens with zero attached hydrogens (tertiary/aromatic N) is 1. The van der Waals surface area contributed by atoms with Crippen molar-refractivity contribution in [3.8, 4) is 0 Å². The highest BCUT2D eigenvalue weighted by Crippen LogP contribution is 1.95. The largest absolute Gasteiger partial charge is 0.342 e. The fourth-order valence-corrected chi connectivity index (χ4v) is 1.42. The van der Waals surface area contributed by atoms with Crippen LogP contribution >= 0.6 is 0 Å². The summed E-state index contributed by atoms with van der Waals surface area (Å²) in [6.45, 7) is 10.7. The van der Waals surface area contributed by atoms with E-state index < -0.39 is 0 Å². The van der Waals surface area contributed by atoms with Gasteiger partial charge in [-0.05, 0) is 26.2 Å². The quantitative estimate of drug-likeness (QED) is 0.670. The summed E-state index contributed by atoms with van der Waals surface area (Å²) in [6.07, 6.45) is 3.14. The maximum absolute atomic E-state index is 11.8. The van der Waals surface area contributed by atoms with E-state index in [9.17, 15) is 4.79 Å². The lowest BCUT2D eigenvalue weighted by Gasteiger charge is -2.22. The van der Waals surface area contributed by atoms with Gasteiger partial charge in [0.15, 0.2) is 0 Å². The minimum atomic E-state index is 0.235. The molecular weight excluding hydrogens is 188 g/mol. The van der Waals surface area contributed by atoms with Crippen LogP contribution < -0.4 is 5.32 Å². The Hall–Kier alpha value is -0.570. The Morgan fingerprint density at radius 2 is 1.73 bits per heavy atom. The molecule has 0 heterocycles. The van der Waals surface area contributed by atoms with E-state index in [2.05, 4.69) is 33.0 Å². The second-order valence-electron chi connectivity index (χ2n) is 4.07. The van der Waals surface area contributed by atoms with Crippen LogP contribution in [-0.4, -0.2) is 36.5 Å². The van der Waals surface area contributed by atoms with E-state index in [1.165, 1.54) is 0 Å². The molecule has 1 unspecified atom stereocenters. The number of rotatable bonds is 8. The molecule has 15 heavy (non-hydrogen) atoms. The van der Waals surface area contributed by atoms with Crippen molar-refractivity contribution in [3.05, 3.63) is 0 Å². The molecule has 0 saturated carbocycles. The average Bonchev–Trinajstić information content (AvgIpc) is 2.25. The van der Waals surface area contributed by atoms with Crippen molar-refractivity contribution in [2.24, 2.45) is 0 Å². The Labute approximate surface area is 94.2 Å². The Balaban J connectivity index is 3.90. The van der Waals surface area contributed by atoms with Crippen molar-refractivity contribution in [1.82, 2.24) is 10.2 Å². The van der Waals surface area contributed by atoms with Gasteiger partial charge < -0.3 is 10.2 Å². The highest BCUT2D eigenvalue weighted by molar-refractivity contribution is 5.78. The molecule has 0 aromatic rings. The number of nitrogens with one attached hydrogen (secondary N) is 1. The second kappa shape index (κ2) is 8.72. The summed E-state index contributed by atoms with van der Waals surface area (Å²) in [6, 6.07) is 0.430. The average molecular weight is 214 g/mol. The lowest BCUT2D eigenvalue weighted by atomic mass is 10.2. The van der Waals surface area contributed by atoms with Gasteiger partial charge in [-0.2, -0.15) is 0 Å². The number of amides is 1. The van der Waals surface area contributed by atoms with E-state index in [1.54, 1.807) is 0 Å². The topological polar surface area (TPSA) is 32.3 Å². The number of carbonyl (C=O) groups excluding carboxylic acids is 1. The van der Waals surface area contributed by atoms with Crippen molar-refractivity contribution < 1.29 is 4.79 Å². The van der Waals surface area contributed by atoms with E-state index in [0.29, 0.717) is 12.6 Å². The zero-order chi connectivity index (χ0) is 11.7. The summed E-state index contributed by atoms with van der Waals surface area (Å²) in [7, 11) is 0. The Morgan fingerprint density at radius 3 is 2.13 bits per heavy atom. The van der Waals surface area contributed by atoms with Gasteiger partial charge in [0, 0.05) is 19.1 Å². The molecule has 1 atom stereocenters. The number of carbonyl (C=O) groups is 1. The summed E-state index contributed by atoms with van der Waals surface area (Å²) in [5.41, 5.74) is 0. The van der Waals surface area contributed by atoms with Gasteiger partial charge in [0.05, 0.1) is 6.54 Å². The SMILES string of the molecule is CCCN(CCC)C(=O)CNC(C)CC. The van der Waals surface area contributed by atoms with Crippen LogP contribution in [0.2, 0.25) is 0 Å². The summed E-state index contributed by atoms with van der Waals surface area (Å²) in [5.74, 6) is 0.235.